The third-order valence-electron chi connectivity index (χ3n) is 1.94. The maximum absolute atomic E-state index is 3.44. The fourth-order valence-electron chi connectivity index (χ4n) is 1.25. The molecule has 0 spiro atoms. The minimum Gasteiger partial charge on any atom is -0.316 e. The summed E-state index contributed by atoms with van der Waals surface area (Å²) in [5, 5.41) is 6.77. The molecule has 0 saturated heterocycles. The second-order valence-electron chi connectivity index (χ2n) is 4.18. The van der Waals surface area contributed by atoms with E-state index in [4.69, 9.17) is 0 Å². The van der Waals surface area contributed by atoms with Gasteiger partial charge in [-0.25, -0.2) is 0 Å². The van der Waals surface area contributed by atoms with Gasteiger partial charge in [-0.1, -0.05) is 27.7 Å². The van der Waals surface area contributed by atoms with Gasteiger partial charge < -0.3 is 10.6 Å². The molecule has 0 aromatic heterocycles. The van der Waals surface area contributed by atoms with Crippen molar-refractivity contribution < 1.29 is 0 Å². The van der Waals surface area contributed by atoms with Gasteiger partial charge in [0, 0.05) is 18.6 Å². The molecule has 0 aliphatic rings. The highest BCUT2D eigenvalue weighted by Crippen LogP contribution is 2.03. The summed E-state index contributed by atoms with van der Waals surface area (Å²) in [7, 11) is 2.04. The number of nitrogens with one attached hydrogen (secondary N) is 2. The Hall–Kier alpha value is -0.0800. The van der Waals surface area contributed by atoms with Crippen LogP contribution in [0.4, 0.5) is 0 Å². The Bertz CT molecular complexity index is 100. The molecule has 1 unspecified atom stereocenters. The van der Waals surface area contributed by atoms with Crippen molar-refractivity contribution in [2.24, 2.45) is 5.92 Å². The largest absolute Gasteiger partial charge is 0.316 e. The molecule has 0 aliphatic carbocycles. The number of hydrogen-bond acceptors (Lipinski definition) is 2. The van der Waals surface area contributed by atoms with E-state index in [1.54, 1.807) is 0 Å². The molecule has 0 aliphatic heterocycles. The van der Waals surface area contributed by atoms with Crippen LogP contribution in [0, 0.1) is 5.92 Å². The highest BCUT2D eigenvalue weighted by molar-refractivity contribution is 4.70. The van der Waals surface area contributed by atoms with Crippen LogP contribution in [-0.4, -0.2) is 25.7 Å². The van der Waals surface area contributed by atoms with E-state index in [9.17, 15) is 0 Å². The summed E-state index contributed by atoms with van der Waals surface area (Å²) < 4.78 is 0. The van der Waals surface area contributed by atoms with E-state index >= 15 is 0 Å². The molecule has 74 valence electrons. The van der Waals surface area contributed by atoms with Crippen LogP contribution in [0.1, 0.15) is 34.1 Å². The summed E-state index contributed by atoms with van der Waals surface area (Å²) in [6, 6.07) is 1.21. The van der Waals surface area contributed by atoms with Crippen molar-refractivity contribution in [1.29, 1.82) is 0 Å². The van der Waals surface area contributed by atoms with E-state index in [0.29, 0.717) is 12.1 Å². The molecule has 12 heavy (non-hydrogen) atoms. The third-order valence-corrected chi connectivity index (χ3v) is 1.94. The van der Waals surface area contributed by atoms with Crippen molar-refractivity contribution in [2.45, 2.75) is 46.2 Å². The Balaban J connectivity index is 3.53. The molecule has 1 atom stereocenters. The molecule has 0 heterocycles. The van der Waals surface area contributed by atoms with Crippen LogP contribution < -0.4 is 10.6 Å². The van der Waals surface area contributed by atoms with Crippen molar-refractivity contribution in [3.63, 3.8) is 0 Å². The van der Waals surface area contributed by atoms with Gasteiger partial charge in [0.25, 0.3) is 0 Å². The predicted molar refractivity (Wildman–Crippen MR) is 55.4 cm³/mol. The fourth-order valence-corrected chi connectivity index (χ4v) is 1.25. The van der Waals surface area contributed by atoms with E-state index in [0.717, 1.165) is 12.5 Å². The highest BCUT2D eigenvalue weighted by atomic mass is 15.0. The Labute approximate surface area is 77.1 Å². The lowest BCUT2D eigenvalue weighted by Gasteiger charge is -2.20. The van der Waals surface area contributed by atoms with Gasteiger partial charge in [0.2, 0.25) is 0 Å². The maximum Gasteiger partial charge on any atom is 0.0192 e. The van der Waals surface area contributed by atoms with Crippen molar-refractivity contribution in [1.82, 2.24) is 10.6 Å². The van der Waals surface area contributed by atoms with Crippen molar-refractivity contribution in [3.05, 3.63) is 0 Å². The van der Waals surface area contributed by atoms with Crippen molar-refractivity contribution >= 4 is 0 Å². The highest BCUT2D eigenvalue weighted by Gasteiger charge is 2.07. The van der Waals surface area contributed by atoms with E-state index in [1.807, 2.05) is 7.05 Å². The van der Waals surface area contributed by atoms with Gasteiger partial charge >= 0.3 is 0 Å². The molecule has 0 radical (unpaired) electrons. The van der Waals surface area contributed by atoms with Crippen LogP contribution in [0.25, 0.3) is 0 Å². The van der Waals surface area contributed by atoms with E-state index in [1.165, 1.54) is 6.42 Å². The number of hydrogen-bond donors (Lipinski definition) is 2. The SMILES string of the molecule is CNC(CNC(C)C)CC(C)C. The first-order valence-electron chi connectivity index (χ1n) is 4.97. The van der Waals surface area contributed by atoms with Crippen LogP contribution in [0.15, 0.2) is 0 Å². The van der Waals surface area contributed by atoms with Gasteiger partial charge in [-0.3, -0.25) is 0 Å². The molecule has 0 saturated carbocycles. The molecule has 0 aromatic carbocycles. The Morgan fingerprint density at radius 1 is 1.08 bits per heavy atom. The van der Waals surface area contributed by atoms with Gasteiger partial charge in [0.15, 0.2) is 0 Å². The average Bonchev–Trinajstić information content (AvgIpc) is 1.97. The van der Waals surface area contributed by atoms with Crippen molar-refractivity contribution in [2.75, 3.05) is 13.6 Å². The zero-order valence-corrected chi connectivity index (χ0v) is 9.15. The summed E-state index contributed by atoms with van der Waals surface area (Å²) in [5.41, 5.74) is 0. The van der Waals surface area contributed by atoms with Gasteiger partial charge in [0.1, 0.15) is 0 Å². The monoisotopic (exact) mass is 172 g/mol. The Morgan fingerprint density at radius 2 is 1.67 bits per heavy atom. The smallest absolute Gasteiger partial charge is 0.0192 e. The van der Waals surface area contributed by atoms with Gasteiger partial charge in [-0.2, -0.15) is 0 Å². The van der Waals surface area contributed by atoms with Crippen molar-refractivity contribution in [3.8, 4) is 0 Å². The Morgan fingerprint density at radius 3 is 2.00 bits per heavy atom. The third kappa shape index (κ3) is 6.62. The minimum absolute atomic E-state index is 0.591. The van der Waals surface area contributed by atoms with Crippen LogP contribution in [-0.2, 0) is 0 Å². The maximum atomic E-state index is 3.44. The fraction of sp³-hybridized carbons (Fsp3) is 1.00. The molecule has 2 heteroatoms. The lowest BCUT2D eigenvalue weighted by molar-refractivity contribution is 0.407. The Kier molecular flexibility index (Phi) is 6.39. The molecule has 0 amide bonds. The molecular formula is C10H24N2. The molecule has 0 aromatic rings. The van der Waals surface area contributed by atoms with E-state index < -0.39 is 0 Å². The number of rotatable bonds is 6. The zero-order chi connectivity index (χ0) is 9.56. The van der Waals surface area contributed by atoms with E-state index in [2.05, 4.69) is 38.3 Å². The second kappa shape index (κ2) is 6.44. The second-order valence-corrected chi connectivity index (χ2v) is 4.18. The zero-order valence-electron chi connectivity index (χ0n) is 9.15. The van der Waals surface area contributed by atoms with Crippen LogP contribution in [0.5, 0.6) is 0 Å². The first-order valence-corrected chi connectivity index (χ1v) is 4.97. The molecule has 0 fully saturated rings. The lowest BCUT2D eigenvalue weighted by atomic mass is 10.0. The quantitative estimate of drug-likeness (QED) is 0.636. The van der Waals surface area contributed by atoms with Crippen LogP contribution >= 0.6 is 0 Å². The van der Waals surface area contributed by atoms with Gasteiger partial charge in [-0.05, 0) is 19.4 Å². The molecule has 0 rings (SSSR count). The molecule has 2 nitrogen and oxygen atoms in total. The summed E-state index contributed by atoms with van der Waals surface area (Å²) in [6.07, 6.45) is 1.25. The predicted octanol–water partition coefficient (Wildman–Crippen LogP) is 1.62. The van der Waals surface area contributed by atoms with Gasteiger partial charge in [0.05, 0.1) is 0 Å². The van der Waals surface area contributed by atoms with Crippen LogP contribution in [0.3, 0.4) is 0 Å². The normalized spacial score (nSPS) is 14.2. The average molecular weight is 172 g/mol. The summed E-state index contributed by atoms with van der Waals surface area (Å²) in [4.78, 5) is 0. The number of likely N-dealkylation sites (N-methyl/N-ethyl adjacent to an activating group) is 1. The van der Waals surface area contributed by atoms with Gasteiger partial charge in [-0.15, -0.1) is 0 Å². The first kappa shape index (κ1) is 11.9. The van der Waals surface area contributed by atoms with E-state index in [-0.39, 0.29) is 0 Å². The topological polar surface area (TPSA) is 24.1 Å². The molecular weight excluding hydrogens is 148 g/mol. The summed E-state index contributed by atoms with van der Waals surface area (Å²) >= 11 is 0. The summed E-state index contributed by atoms with van der Waals surface area (Å²) in [5.74, 6) is 0.774. The molecule has 2 N–H and O–H groups in total. The lowest BCUT2D eigenvalue weighted by Crippen LogP contribution is -2.40. The first-order chi connectivity index (χ1) is 5.56. The van der Waals surface area contributed by atoms with Crippen LogP contribution in [0.2, 0.25) is 0 Å². The minimum atomic E-state index is 0.591. The standard InChI is InChI=1S/C10H24N2/c1-8(2)6-10(11-5)7-12-9(3)4/h8-12H,6-7H2,1-5H3. The molecule has 0 bridgehead atoms. The summed E-state index contributed by atoms with van der Waals surface area (Å²) in [6.45, 7) is 9.97.